The van der Waals surface area contributed by atoms with Crippen LogP contribution in [0.1, 0.15) is 22.4 Å². The molecule has 0 radical (unpaired) electrons. The Balaban J connectivity index is 1.37. The predicted molar refractivity (Wildman–Crippen MR) is 156 cm³/mol. The van der Waals surface area contributed by atoms with Gasteiger partial charge >= 0.3 is 0 Å². The fourth-order valence-corrected chi connectivity index (χ4v) is 5.32. The van der Waals surface area contributed by atoms with Crippen LogP contribution >= 0.6 is 0 Å². The number of hydrogen-bond donors (Lipinski definition) is 1. The summed E-state index contributed by atoms with van der Waals surface area (Å²) < 4.78 is 27.5. The van der Waals surface area contributed by atoms with Crippen LogP contribution in [0.25, 0.3) is 5.52 Å². The van der Waals surface area contributed by atoms with E-state index in [0.717, 1.165) is 16.7 Å². The van der Waals surface area contributed by atoms with Gasteiger partial charge in [-0.3, -0.25) is 0 Å². The summed E-state index contributed by atoms with van der Waals surface area (Å²) in [6, 6.07) is 35.6. The van der Waals surface area contributed by atoms with Crippen LogP contribution in [-0.2, 0) is 44.4 Å². The number of nitrogens with zero attached hydrogens (tertiary/aromatic N) is 4. The fourth-order valence-electron chi connectivity index (χ4n) is 5.32. The molecule has 42 heavy (non-hydrogen) atoms. The normalized spacial score (nSPS) is 21.8. The van der Waals surface area contributed by atoms with Gasteiger partial charge in [-0.05, 0) is 28.8 Å². The van der Waals surface area contributed by atoms with Gasteiger partial charge in [0.25, 0.3) is 0 Å². The first-order valence-electron chi connectivity index (χ1n) is 13.8. The minimum Gasteiger partial charge on any atom is -0.382 e. The molecule has 3 heterocycles. The summed E-state index contributed by atoms with van der Waals surface area (Å²) in [4.78, 5) is 4.10. The number of anilines is 1. The molecular weight excluding hydrogens is 530 g/mol. The van der Waals surface area contributed by atoms with Crippen molar-refractivity contribution < 1.29 is 18.9 Å². The van der Waals surface area contributed by atoms with E-state index < -0.39 is 23.9 Å². The van der Waals surface area contributed by atoms with Crippen molar-refractivity contribution in [2.24, 2.45) is 0 Å². The highest BCUT2D eigenvalue weighted by atomic mass is 16.6. The van der Waals surface area contributed by atoms with E-state index in [-0.39, 0.29) is 13.2 Å². The molecular formula is C33H31N5O4. The second-order valence-corrected chi connectivity index (χ2v) is 10.1. The van der Waals surface area contributed by atoms with E-state index in [9.17, 15) is 5.26 Å². The SMILES string of the molecule is N#C[C@]1(c2ccc3c(N)ncnn23)O[C@@H](COCc2ccccc2)[C@H](OCc2ccccc2)[C@@H]1OCc1ccccc1. The van der Waals surface area contributed by atoms with Gasteiger partial charge in [-0.1, -0.05) is 91.0 Å². The Morgan fingerprint density at radius 1 is 0.810 bits per heavy atom. The van der Waals surface area contributed by atoms with Gasteiger partial charge in [-0.2, -0.15) is 10.4 Å². The van der Waals surface area contributed by atoms with Crippen molar-refractivity contribution in [2.75, 3.05) is 12.3 Å². The second kappa shape index (κ2) is 12.5. The summed E-state index contributed by atoms with van der Waals surface area (Å²) >= 11 is 0. The lowest BCUT2D eigenvalue weighted by molar-refractivity contribution is -0.0971. The van der Waals surface area contributed by atoms with E-state index >= 15 is 0 Å². The summed E-state index contributed by atoms with van der Waals surface area (Å²) in [5.41, 5.74) is 8.59. The third kappa shape index (κ3) is 5.62. The van der Waals surface area contributed by atoms with Crippen molar-refractivity contribution in [2.45, 2.75) is 43.7 Å². The zero-order chi connectivity index (χ0) is 28.8. The first kappa shape index (κ1) is 27.6. The van der Waals surface area contributed by atoms with Crippen LogP contribution in [0.4, 0.5) is 5.82 Å². The van der Waals surface area contributed by atoms with E-state index in [1.807, 2.05) is 91.0 Å². The molecule has 0 unspecified atom stereocenters. The van der Waals surface area contributed by atoms with Gasteiger partial charge in [0.05, 0.1) is 32.1 Å². The number of fused-ring (bicyclic) bond motifs is 1. The van der Waals surface area contributed by atoms with Crippen molar-refractivity contribution in [3.63, 3.8) is 0 Å². The number of rotatable bonds is 11. The largest absolute Gasteiger partial charge is 0.382 e. The Morgan fingerprint density at radius 3 is 2.02 bits per heavy atom. The minimum atomic E-state index is -1.58. The lowest BCUT2D eigenvalue weighted by Crippen LogP contribution is -2.44. The highest BCUT2D eigenvalue weighted by molar-refractivity contribution is 5.66. The molecule has 9 heteroatoms. The maximum absolute atomic E-state index is 10.9. The summed E-state index contributed by atoms with van der Waals surface area (Å²) in [6.07, 6.45) is -0.738. The summed E-state index contributed by atoms with van der Waals surface area (Å²) in [6.45, 7) is 1.13. The lowest BCUT2D eigenvalue weighted by atomic mass is 9.92. The maximum atomic E-state index is 10.9. The molecule has 1 fully saturated rings. The van der Waals surface area contributed by atoms with E-state index in [4.69, 9.17) is 24.7 Å². The molecule has 0 saturated carbocycles. The predicted octanol–water partition coefficient (Wildman–Crippen LogP) is 4.82. The average molecular weight is 562 g/mol. The Bertz CT molecular complexity index is 1640. The van der Waals surface area contributed by atoms with Gasteiger partial charge in [0.15, 0.2) is 5.82 Å². The summed E-state index contributed by atoms with van der Waals surface area (Å²) in [5, 5.41) is 15.3. The highest BCUT2D eigenvalue weighted by Crippen LogP contribution is 2.44. The molecule has 0 spiro atoms. The molecule has 9 nitrogen and oxygen atoms in total. The number of ether oxygens (including phenoxy) is 4. The van der Waals surface area contributed by atoms with Gasteiger partial charge in [-0.15, -0.1) is 0 Å². The first-order chi connectivity index (χ1) is 20.7. The Morgan fingerprint density at radius 2 is 1.40 bits per heavy atom. The highest BCUT2D eigenvalue weighted by Gasteiger charge is 2.60. The van der Waals surface area contributed by atoms with Gasteiger partial charge in [0.2, 0.25) is 5.60 Å². The number of nitrogens with two attached hydrogens (primary N) is 1. The average Bonchev–Trinajstić information content (AvgIpc) is 3.61. The smallest absolute Gasteiger partial charge is 0.225 e. The number of benzene rings is 3. The molecule has 5 aromatic rings. The molecule has 3 aromatic carbocycles. The molecule has 0 amide bonds. The Labute approximate surface area is 244 Å². The lowest BCUT2D eigenvalue weighted by Gasteiger charge is -2.29. The molecule has 4 atom stereocenters. The molecule has 0 aliphatic carbocycles. The van der Waals surface area contributed by atoms with Crippen LogP contribution in [0.5, 0.6) is 0 Å². The van der Waals surface area contributed by atoms with Crippen molar-refractivity contribution in [3.8, 4) is 6.07 Å². The standard InChI is InChI=1S/C33H31N5O4/c34-22-33(29-17-16-27-32(35)36-23-37-38(27)29)31(41-20-26-14-8-3-9-15-26)30(40-19-25-12-6-2-7-13-25)28(42-33)21-39-18-24-10-4-1-5-11-24/h1-17,23,28,30-31H,18-21H2,(H2,35,36,37)/t28-,30-,31-,33+/m0/s1. The fraction of sp³-hybridized carbons (Fsp3) is 0.242. The van der Waals surface area contributed by atoms with Crippen LogP contribution in [0, 0.1) is 11.3 Å². The van der Waals surface area contributed by atoms with Gasteiger partial charge in [-0.25, -0.2) is 9.50 Å². The number of nitriles is 1. The third-order valence-corrected chi connectivity index (χ3v) is 7.38. The van der Waals surface area contributed by atoms with E-state index in [1.54, 1.807) is 16.6 Å². The molecule has 1 saturated heterocycles. The summed E-state index contributed by atoms with van der Waals surface area (Å²) in [5.74, 6) is 0.295. The third-order valence-electron chi connectivity index (χ3n) is 7.38. The van der Waals surface area contributed by atoms with E-state index in [2.05, 4.69) is 16.2 Å². The zero-order valence-corrected chi connectivity index (χ0v) is 23.0. The topological polar surface area (TPSA) is 117 Å². The van der Waals surface area contributed by atoms with Crippen LogP contribution < -0.4 is 5.73 Å². The van der Waals surface area contributed by atoms with Crippen LogP contribution in [-0.4, -0.2) is 39.5 Å². The van der Waals surface area contributed by atoms with E-state index in [0.29, 0.717) is 30.2 Å². The molecule has 6 rings (SSSR count). The van der Waals surface area contributed by atoms with Crippen LogP contribution in [0.2, 0.25) is 0 Å². The van der Waals surface area contributed by atoms with Gasteiger partial charge in [0, 0.05) is 0 Å². The zero-order valence-electron chi connectivity index (χ0n) is 23.0. The molecule has 0 bridgehead atoms. The monoisotopic (exact) mass is 561 g/mol. The molecule has 2 aromatic heterocycles. The molecule has 212 valence electrons. The van der Waals surface area contributed by atoms with E-state index in [1.165, 1.54) is 6.33 Å². The van der Waals surface area contributed by atoms with Crippen LogP contribution in [0.15, 0.2) is 109 Å². The number of aromatic nitrogens is 3. The summed E-state index contributed by atoms with van der Waals surface area (Å²) in [7, 11) is 0. The van der Waals surface area contributed by atoms with Crippen LogP contribution in [0.3, 0.4) is 0 Å². The molecule has 1 aliphatic rings. The molecule has 2 N–H and O–H groups in total. The Hall–Kier alpha value is -4.59. The number of hydrogen-bond acceptors (Lipinski definition) is 8. The maximum Gasteiger partial charge on any atom is 0.225 e. The first-order valence-corrected chi connectivity index (χ1v) is 13.8. The van der Waals surface area contributed by atoms with Gasteiger partial charge < -0.3 is 24.7 Å². The molecule has 1 aliphatic heterocycles. The van der Waals surface area contributed by atoms with Crippen molar-refractivity contribution in [3.05, 3.63) is 132 Å². The minimum absolute atomic E-state index is 0.184. The van der Waals surface area contributed by atoms with Gasteiger partial charge in [0.1, 0.15) is 36.2 Å². The quantitative estimate of drug-likeness (QED) is 0.244. The van der Waals surface area contributed by atoms with Crippen molar-refractivity contribution >= 4 is 11.3 Å². The van der Waals surface area contributed by atoms with Crippen molar-refractivity contribution in [1.29, 1.82) is 5.26 Å². The second-order valence-electron chi connectivity index (χ2n) is 10.1. The Kier molecular flexibility index (Phi) is 8.21. The van der Waals surface area contributed by atoms with Crippen molar-refractivity contribution in [1.82, 2.24) is 14.6 Å². The number of nitrogen functional groups attached to an aromatic ring is 1.